The molecule has 2 aromatic heterocycles. The van der Waals surface area contributed by atoms with Crippen LogP contribution in [0.2, 0.25) is 0 Å². The van der Waals surface area contributed by atoms with Crippen molar-refractivity contribution in [2.24, 2.45) is 0 Å². The molecule has 0 bridgehead atoms. The third-order valence-electron chi connectivity index (χ3n) is 4.64. The maximum absolute atomic E-state index is 13.0. The van der Waals surface area contributed by atoms with E-state index in [1.54, 1.807) is 30.3 Å². The van der Waals surface area contributed by atoms with E-state index in [1.165, 1.54) is 7.11 Å². The van der Waals surface area contributed by atoms with Gasteiger partial charge in [-0.3, -0.25) is 19.6 Å². The van der Waals surface area contributed by atoms with Crippen LogP contribution in [-0.2, 0) is 0 Å². The van der Waals surface area contributed by atoms with Crippen molar-refractivity contribution < 1.29 is 4.74 Å². The fourth-order valence-electron chi connectivity index (χ4n) is 3.39. The number of H-pyrrole nitrogens is 3. The lowest BCUT2D eigenvalue weighted by molar-refractivity contribution is 0.414. The van der Waals surface area contributed by atoms with Gasteiger partial charge < -0.3 is 20.8 Å². The van der Waals surface area contributed by atoms with Crippen molar-refractivity contribution in [1.29, 1.82) is 5.26 Å². The number of nitrogens with zero attached hydrogens (tertiary/aromatic N) is 1. The summed E-state index contributed by atoms with van der Waals surface area (Å²) in [7, 11) is 1.52. The number of anilines is 3. The topological polar surface area (TPSA) is 170 Å². The minimum atomic E-state index is -0.839. The van der Waals surface area contributed by atoms with Crippen LogP contribution >= 0.6 is 0 Å². The van der Waals surface area contributed by atoms with E-state index in [2.05, 4.69) is 20.3 Å². The highest BCUT2D eigenvalue weighted by Gasteiger charge is 2.34. The summed E-state index contributed by atoms with van der Waals surface area (Å²) in [5.74, 6) is -0.00703. The van der Waals surface area contributed by atoms with Gasteiger partial charge in [0.2, 0.25) is 5.43 Å². The number of nitrogens with two attached hydrogens (primary N) is 1. The summed E-state index contributed by atoms with van der Waals surface area (Å²) in [6.07, 6.45) is 0. The first-order valence-electron chi connectivity index (χ1n) is 8.17. The first kappa shape index (κ1) is 17.2. The van der Waals surface area contributed by atoms with Crippen LogP contribution in [0, 0.1) is 11.3 Å². The Hall–Kier alpha value is -4.26. The summed E-state index contributed by atoms with van der Waals surface area (Å²) in [4.78, 5) is 44.8. The highest BCUT2D eigenvalue weighted by Crippen LogP contribution is 2.40. The molecule has 0 fully saturated rings. The molecule has 10 heteroatoms. The molecule has 0 amide bonds. The molecule has 3 aromatic rings. The van der Waals surface area contributed by atoms with Crippen molar-refractivity contribution in [3.05, 3.63) is 77.6 Å². The highest BCUT2D eigenvalue weighted by atomic mass is 16.5. The summed E-state index contributed by atoms with van der Waals surface area (Å²) in [5, 5.41) is 12.1. The Morgan fingerprint density at radius 3 is 2.36 bits per heavy atom. The van der Waals surface area contributed by atoms with E-state index in [1.807, 2.05) is 0 Å². The number of ether oxygens (including phenoxy) is 1. The number of fused-ring (bicyclic) bond motifs is 2. The Kier molecular flexibility index (Phi) is 3.78. The zero-order valence-electron chi connectivity index (χ0n) is 14.5. The molecule has 0 spiro atoms. The van der Waals surface area contributed by atoms with Crippen LogP contribution in [0.1, 0.15) is 28.2 Å². The number of pyridine rings is 1. The van der Waals surface area contributed by atoms with Crippen LogP contribution in [-0.4, -0.2) is 22.1 Å². The van der Waals surface area contributed by atoms with Crippen molar-refractivity contribution in [2.45, 2.75) is 5.92 Å². The van der Waals surface area contributed by atoms with Crippen molar-refractivity contribution in [2.75, 3.05) is 18.2 Å². The summed E-state index contributed by atoms with van der Waals surface area (Å²) >= 11 is 0. The number of aromatic amines is 3. The number of methoxy groups -OCH3 is 1. The number of benzene rings is 1. The van der Waals surface area contributed by atoms with Crippen molar-refractivity contribution in [1.82, 2.24) is 15.0 Å². The molecule has 0 aliphatic carbocycles. The number of nitriles is 1. The molecule has 1 aromatic carbocycles. The summed E-state index contributed by atoms with van der Waals surface area (Å²) in [6, 6.07) is 8.57. The highest BCUT2D eigenvalue weighted by molar-refractivity contribution is 5.73. The molecule has 28 heavy (non-hydrogen) atoms. The number of hydrogen-bond donors (Lipinski definition) is 5. The summed E-state index contributed by atoms with van der Waals surface area (Å²) in [6.45, 7) is 0. The van der Waals surface area contributed by atoms with Crippen molar-refractivity contribution in [3.63, 3.8) is 0 Å². The van der Waals surface area contributed by atoms with E-state index in [9.17, 15) is 19.6 Å². The van der Waals surface area contributed by atoms with Gasteiger partial charge in [-0.05, 0) is 17.7 Å². The minimum Gasteiger partial charge on any atom is -0.497 e. The van der Waals surface area contributed by atoms with Gasteiger partial charge in [-0.1, -0.05) is 12.1 Å². The van der Waals surface area contributed by atoms with E-state index in [0.717, 1.165) is 0 Å². The third-order valence-corrected chi connectivity index (χ3v) is 4.64. The monoisotopic (exact) mass is 378 g/mol. The molecule has 1 unspecified atom stereocenters. The normalized spacial score (nSPS) is 14.4. The van der Waals surface area contributed by atoms with Gasteiger partial charge in [0.05, 0.1) is 24.2 Å². The third kappa shape index (κ3) is 2.45. The number of nitrogen functional groups attached to an aromatic ring is 1. The molecular weight excluding hydrogens is 364 g/mol. The van der Waals surface area contributed by atoms with Crippen LogP contribution in [0.3, 0.4) is 0 Å². The first-order valence-corrected chi connectivity index (χ1v) is 8.17. The maximum Gasteiger partial charge on any atom is 0.327 e. The zero-order chi connectivity index (χ0) is 20.0. The minimum absolute atomic E-state index is 0.108. The van der Waals surface area contributed by atoms with Crippen LogP contribution in [0.4, 0.5) is 17.5 Å². The SMILES string of the molecule is COc1ccc(C2c3c([nH]c(=O)[nH]c3=O)Nc3[nH]c(N)c(C#N)c(=O)c32)cc1. The molecule has 0 radical (unpaired) electrons. The molecular formula is C18H14N6O4. The van der Waals surface area contributed by atoms with Crippen molar-refractivity contribution in [3.8, 4) is 11.8 Å². The Balaban J connectivity index is 2.09. The zero-order valence-corrected chi connectivity index (χ0v) is 14.5. The lowest BCUT2D eigenvalue weighted by Crippen LogP contribution is -2.35. The predicted octanol–water partition coefficient (Wildman–Crippen LogP) is 0.451. The Morgan fingerprint density at radius 1 is 1.04 bits per heavy atom. The van der Waals surface area contributed by atoms with Gasteiger partial charge >= 0.3 is 5.69 Å². The Morgan fingerprint density at radius 2 is 1.71 bits per heavy atom. The van der Waals surface area contributed by atoms with Gasteiger partial charge in [-0.2, -0.15) is 5.26 Å². The summed E-state index contributed by atoms with van der Waals surface area (Å²) < 4.78 is 5.16. The molecule has 0 saturated carbocycles. The van der Waals surface area contributed by atoms with E-state index >= 15 is 0 Å². The summed E-state index contributed by atoms with van der Waals surface area (Å²) in [5.41, 5.74) is 4.50. The second kappa shape index (κ2) is 6.17. The lowest BCUT2D eigenvalue weighted by atomic mass is 9.83. The fraction of sp³-hybridized carbons (Fsp3) is 0.111. The number of nitrogens with one attached hydrogen (secondary N) is 4. The van der Waals surface area contributed by atoms with Crippen LogP contribution in [0.15, 0.2) is 38.6 Å². The van der Waals surface area contributed by atoms with E-state index in [4.69, 9.17) is 10.5 Å². The van der Waals surface area contributed by atoms with Crippen molar-refractivity contribution >= 4 is 17.5 Å². The van der Waals surface area contributed by atoms with E-state index < -0.39 is 22.6 Å². The standard InChI is InChI=1S/C18H14N6O4/c1-28-8-4-2-7(3-5-8)10-11-13(25)9(6-19)14(20)21-15(11)22-16-12(10)17(26)24-18(27)23-16/h2-5,10H,1H3,(H6,20,21,22,23,24,25,26,27). The quantitative estimate of drug-likeness (QED) is 0.337. The molecule has 1 aliphatic heterocycles. The molecule has 0 saturated heterocycles. The van der Waals surface area contributed by atoms with Gasteiger partial charge in [0, 0.05) is 0 Å². The number of rotatable bonds is 2. The van der Waals surface area contributed by atoms with Gasteiger partial charge in [-0.25, -0.2) is 4.79 Å². The Labute approximate surface area is 156 Å². The van der Waals surface area contributed by atoms with E-state index in [-0.39, 0.29) is 34.1 Å². The molecule has 1 aliphatic rings. The second-order valence-corrected chi connectivity index (χ2v) is 6.17. The molecule has 140 valence electrons. The van der Waals surface area contributed by atoms with Gasteiger partial charge in [0.1, 0.15) is 34.8 Å². The number of hydrogen-bond acceptors (Lipinski definition) is 7. The molecule has 10 nitrogen and oxygen atoms in total. The van der Waals surface area contributed by atoms with Gasteiger partial charge in [0.15, 0.2) is 0 Å². The van der Waals surface area contributed by atoms with E-state index in [0.29, 0.717) is 11.3 Å². The van der Waals surface area contributed by atoms with Crippen LogP contribution in [0.25, 0.3) is 0 Å². The Bertz CT molecular complexity index is 1310. The average molecular weight is 378 g/mol. The molecule has 1 atom stereocenters. The largest absolute Gasteiger partial charge is 0.497 e. The fourth-order valence-corrected chi connectivity index (χ4v) is 3.39. The smallest absolute Gasteiger partial charge is 0.327 e. The molecule has 6 N–H and O–H groups in total. The van der Waals surface area contributed by atoms with Gasteiger partial charge in [0.25, 0.3) is 5.56 Å². The predicted molar refractivity (Wildman–Crippen MR) is 101 cm³/mol. The second-order valence-electron chi connectivity index (χ2n) is 6.17. The molecule has 3 heterocycles. The first-order chi connectivity index (χ1) is 13.4. The number of aromatic nitrogens is 3. The lowest BCUT2D eigenvalue weighted by Gasteiger charge is -2.28. The average Bonchev–Trinajstić information content (AvgIpc) is 2.66. The molecule has 4 rings (SSSR count). The van der Waals surface area contributed by atoms with Crippen LogP contribution < -0.4 is 32.5 Å². The van der Waals surface area contributed by atoms with Gasteiger partial charge in [-0.15, -0.1) is 0 Å². The maximum atomic E-state index is 13.0. The van der Waals surface area contributed by atoms with Crippen LogP contribution in [0.5, 0.6) is 5.75 Å².